The number of halogens is 4. The van der Waals surface area contributed by atoms with E-state index in [2.05, 4.69) is 4.98 Å². The van der Waals surface area contributed by atoms with Gasteiger partial charge < -0.3 is 15.1 Å². The first-order valence-corrected chi connectivity index (χ1v) is 10.1. The summed E-state index contributed by atoms with van der Waals surface area (Å²) in [6, 6.07) is 3.14. The van der Waals surface area contributed by atoms with E-state index >= 15 is 0 Å². The van der Waals surface area contributed by atoms with Crippen molar-refractivity contribution < 1.29 is 33.0 Å². The van der Waals surface area contributed by atoms with Gasteiger partial charge in [0.15, 0.2) is 6.10 Å². The van der Waals surface area contributed by atoms with Crippen LogP contribution < -0.4 is 9.80 Å². The highest BCUT2D eigenvalue weighted by Crippen LogP contribution is 2.37. The Morgan fingerprint density at radius 1 is 1.19 bits per heavy atom. The molecule has 1 aromatic carbocycles. The van der Waals surface area contributed by atoms with Gasteiger partial charge in [0, 0.05) is 12.7 Å². The number of carbonyl (C=O) groups is 2. The van der Waals surface area contributed by atoms with Gasteiger partial charge in [-0.05, 0) is 55.2 Å². The molecule has 11 heteroatoms. The molecule has 1 saturated heterocycles. The Morgan fingerprint density at radius 3 is 2.41 bits per heavy atom. The van der Waals surface area contributed by atoms with Gasteiger partial charge in [-0.15, -0.1) is 0 Å². The summed E-state index contributed by atoms with van der Waals surface area (Å²) in [5.41, 5.74) is 1.25. The molecule has 1 fully saturated rings. The molecule has 0 radical (unpaired) electrons. The number of aromatic nitrogens is 1. The number of fused-ring (bicyclic) bond motifs is 1. The lowest BCUT2D eigenvalue weighted by atomic mass is 9.88. The van der Waals surface area contributed by atoms with Crippen molar-refractivity contribution in [2.24, 2.45) is 0 Å². The highest BCUT2D eigenvalue weighted by atomic mass is 35.5. The average Bonchev–Trinajstić information content (AvgIpc) is 2.92. The predicted octanol–water partition coefficient (Wildman–Crippen LogP) is 2.26. The quantitative estimate of drug-likeness (QED) is 0.719. The lowest BCUT2D eigenvalue weighted by molar-refractivity contribution is -0.137. The third-order valence-electron chi connectivity index (χ3n) is 5.81. The number of benzene rings is 1. The van der Waals surface area contributed by atoms with Crippen molar-refractivity contribution in [1.29, 1.82) is 0 Å². The van der Waals surface area contributed by atoms with Gasteiger partial charge in [0.1, 0.15) is 18.0 Å². The number of carbonyl (C=O) groups excluding carboxylic acids is 2. The van der Waals surface area contributed by atoms with Crippen molar-refractivity contribution in [1.82, 2.24) is 4.98 Å². The van der Waals surface area contributed by atoms with Crippen LogP contribution >= 0.6 is 11.6 Å². The summed E-state index contributed by atoms with van der Waals surface area (Å²) in [5.74, 6) is -2.45. The molecular formula is C21H19ClF3N3O4. The largest absolute Gasteiger partial charge is 0.416 e. The Kier molecular flexibility index (Phi) is 5.43. The number of alkyl halides is 3. The molecule has 2 aliphatic rings. The van der Waals surface area contributed by atoms with E-state index in [-0.39, 0.29) is 10.7 Å². The van der Waals surface area contributed by atoms with Gasteiger partial charge in [-0.1, -0.05) is 11.6 Å². The smallest absolute Gasteiger partial charge is 0.387 e. The van der Waals surface area contributed by atoms with Crippen LogP contribution in [-0.4, -0.2) is 52.3 Å². The van der Waals surface area contributed by atoms with Crippen LogP contribution in [0.15, 0.2) is 24.3 Å². The topological polar surface area (TPSA) is 94.0 Å². The Hall–Kier alpha value is -2.69. The molecule has 1 aliphatic carbocycles. The van der Waals surface area contributed by atoms with Crippen molar-refractivity contribution in [2.75, 3.05) is 16.8 Å². The maximum absolute atomic E-state index is 13.3. The van der Waals surface area contributed by atoms with Gasteiger partial charge >= 0.3 is 6.18 Å². The summed E-state index contributed by atoms with van der Waals surface area (Å²) < 4.78 is 39.9. The number of anilines is 2. The van der Waals surface area contributed by atoms with Crippen molar-refractivity contribution in [3.63, 3.8) is 0 Å². The van der Waals surface area contributed by atoms with E-state index in [1.54, 1.807) is 12.1 Å². The molecular weight excluding hydrogens is 451 g/mol. The summed E-state index contributed by atoms with van der Waals surface area (Å²) in [7, 11) is 1.37. The molecule has 32 heavy (non-hydrogen) atoms. The van der Waals surface area contributed by atoms with Crippen LogP contribution in [0.1, 0.15) is 22.4 Å². The first kappa shape index (κ1) is 22.5. The van der Waals surface area contributed by atoms with E-state index in [9.17, 15) is 33.0 Å². The molecule has 0 spiro atoms. The van der Waals surface area contributed by atoms with Crippen LogP contribution in [0.25, 0.3) is 0 Å². The lowest BCUT2D eigenvalue weighted by Gasteiger charge is -2.30. The number of pyridine rings is 1. The standard InChI is InChI=1S/C21H19ClF3N3O4/c1-9-5-12(21(23,24)25)8-15(26-9)28-16(17(29)18(30)20(28)32)19(31)27(2)14-7-11-4-3-10(11)6-13(14)22/h5-8,16-18,29-30H,3-4H2,1-2H3/t16-,17-,18-/m0/s1. The van der Waals surface area contributed by atoms with E-state index in [0.717, 1.165) is 34.9 Å². The third kappa shape index (κ3) is 3.62. The fourth-order valence-electron chi connectivity index (χ4n) is 3.98. The number of rotatable bonds is 3. The maximum atomic E-state index is 13.3. The fourth-order valence-corrected chi connectivity index (χ4v) is 4.29. The Balaban J connectivity index is 1.75. The molecule has 4 rings (SSSR count). The Bertz CT molecular complexity index is 1120. The molecule has 170 valence electrons. The minimum absolute atomic E-state index is 0.0523. The summed E-state index contributed by atoms with van der Waals surface area (Å²) in [5, 5.41) is 20.9. The average molecular weight is 470 g/mol. The van der Waals surface area contributed by atoms with Crippen molar-refractivity contribution in [3.8, 4) is 0 Å². The lowest BCUT2D eigenvalue weighted by Crippen LogP contribution is -2.50. The molecule has 0 unspecified atom stereocenters. The molecule has 2 heterocycles. The zero-order valence-electron chi connectivity index (χ0n) is 17.0. The second-order valence-corrected chi connectivity index (χ2v) is 8.32. The van der Waals surface area contributed by atoms with Crippen LogP contribution in [0.3, 0.4) is 0 Å². The molecule has 1 aromatic heterocycles. The number of likely N-dealkylation sites (N-methyl/N-ethyl adjacent to an activating group) is 1. The maximum Gasteiger partial charge on any atom is 0.416 e. The predicted molar refractivity (Wildman–Crippen MR) is 110 cm³/mol. The number of hydrogen-bond donors (Lipinski definition) is 2. The molecule has 7 nitrogen and oxygen atoms in total. The van der Waals surface area contributed by atoms with Gasteiger partial charge in [-0.3, -0.25) is 14.5 Å². The molecule has 1 aliphatic heterocycles. The molecule has 2 amide bonds. The second kappa shape index (κ2) is 7.72. The van der Waals surface area contributed by atoms with E-state index in [4.69, 9.17) is 11.6 Å². The van der Waals surface area contributed by atoms with E-state index < -0.39 is 47.6 Å². The van der Waals surface area contributed by atoms with Crippen molar-refractivity contribution in [2.45, 2.75) is 44.2 Å². The normalized spacial score (nSPS) is 22.6. The van der Waals surface area contributed by atoms with Crippen molar-refractivity contribution >= 4 is 34.9 Å². The minimum Gasteiger partial charge on any atom is -0.387 e. The highest BCUT2D eigenvalue weighted by Gasteiger charge is 2.53. The SMILES string of the molecule is Cc1cc(C(F)(F)F)cc(N2C(=O)[C@@H](O)[C@@H](O)[C@H]2C(=O)N(C)c2cc3c(cc2Cl)CC3)n1. The molecule has 3 atom stereocenters. The molecule has 2 N–H and O–H groups in total. The first-order valence-electron chi connectivity index (χ1n) is 9.74. The van der Waals surface area contributed by atoms with Crippen LogP contribution in [-0.2, 0) is 28.6 Å². The van der Waals surface area contributed by atoms with Gasteiger partial charge in [-0.25, -0.2) is 4.98 Å². The van der Waals surface area contributed by atoms with Crippen LogP contribution in [0, 0.1) is 6.92 Å². The second-order valence-electron chi connectivity index (χ2n) is 7.91. The zero-order valence-corrected chi connectivity index (χ0v) is 17.8. The van der Waals surface area contributed by atoms with Crippen molar-refractivity contribution in [3.05, 3.63) is 51.7 Å². The molecule has 0 saturated carbocycles. The first-order chi connectivity index (χ1) is 14.9. The summed E-state index contributed by atoms with van der Waals surface area (Å²) >= 11 is 6.30. The summed E-state index contributed by atoms with van der Waals surface area (Å²) in [6.45, 7) is 1.30. The number of nitrogens with zero attached hydrogens (tertiary/aromatic N) is 3. The van der Waals surface area contributed by atoms with Crippen LogP contribution in [0.2, 0.25) is 5.02 Å². The van der Waals surface area contributed by atoms with Crippen LogP contribution in [0.4, 0.5) is 24.7 Å². The van der Waals surface area contributed by atoms with Gasteiger partial charge in [0.05, 0.1) is 16.3 Å². The van der Waals surface area contributed by atoms with Gasteiger partial charge in [0.25, 0.3) is 11.8 Å². The number of aryl methyl sites for hydroxylation is 3. The summed E-state index contributed by atoms with van der Waals surface area (Å²) in [4.78, 5) is 31.6. The monoisotopic (exact) mass is 469 g/mol. The van der Waals surface area contributed by atoms with Crippen LogP contribution in [0.5, 0.6) is 0 Å². The Morgan fingerprint density at radius 2 is 1.81 bits per heavy atom. The number of aliphatic hydroxyl groups excluding tert-OH is 2. The minimum atomic E-state index is -4.72. The highest BCUT2D eigenvalue weighted by molar-refractivity contribution is 6.34. The van der Waals surface area contributed by atoms with E-state index in [1.165, 1.54) is 14.0 Å². The zero-order chi connectivity index (χ0) is 23.5. The summed E-state index contributed by atoms with van der Waals surface area (Å²) in [6.07, 6.45) is -6.92. The number of aliphatic hydroxyl groups is 2. The number of amides is 2. The van der Waals surface area contributed by atoms with Gasteiger partial charge in [-0.2, -0.15) is 13.2 Å². The third-order valence-corrected chi connectivity index (χ3v) is 6.11. The molecule has 0 bridgehead atoms. The molecule has 2 aromatic rings. The van der Waals surface area contributed by atoms with E-state index in [1.807, 2.05) is 0 Å². The fraction of sp³-hybridized carbons (Fsp3) is 0.381. The van der Waals surface area contributed by atoms with E-state index in [0.29, 0.717) is 16.7 Å². The number of hydrogen-bond acceptors (Lipinski definition) is 5. The van der Waals surface area contributed by atoms with Gasteiger partial charge in [0.2, 0.25) is 0 Å². The Labute approximate surface area is 186 Å².